The molecule has 0 saturated carbocycles. The van der Waals surface area contributed by atoms with Crippen LogP contribution in [0.25, 0.3) is 0 Å². The van der Waals surface area contributed by atoms with E-state index in [4.69, 9.17) is 19.3 Å². The van der Waals surface area contributed by atoms with E-state index in [1.807, 2.05) is 0 Å². The van der Waals surface area contributed by atoms with Crippen LogP contribution in [0.15, 0.2) is 11.8 Å². The molecule has 0 aromatic carbocycles. The van der Waals surface area contributed by atoms with Gasteiger partial charge in [0.2, 0.25) is 0 Å². The minimum atomic E-state index is -0.871. The second kappa shape index (κ2) is 11.4. The monoisotopic (exact) mass is 242 g/mol. The number of aliphatic hydroxyl groups is 1. The van der Waals surface area contributed by atoms with Crippen LogP contribution in [-0.2, 0) is 19.0 Å². The van der Waals surface area contributed by atoms with Crippen molar-refractivity contribution in [2.45, 2.75) is 27.1 Å². The van der Waals surface area contributed by atoms with Crippen molar-refractivity contribution in [1.29, 1.82) is 0 Å². The van der Waals surface area contributed by atoms with Crippen LogP contribution in [0.3, 0.4) is 0 Å². The van der Waals surface area contributed by atoms with E-state index < -0.39 is 12.3 Å². The summed E-state index contributed by atoms with van der Waals surface area (Å²) in [6.07, 6.45) is -0.211. The maximum atomic E-state index is 11.4. The van der Waals surface area contributed by atoms with Gasteiger partial charge in [-0.1, -0.05) is 0 Å². The van der Waals surface area contributed by atoms with Gasteiger partial charge in [-0.2, -0.15) is 0 Å². The van der Waals surface area contributed by atoms with E-state index in [1.54, 1.807) is 20.8 Å². The molecule has 0 aliphatic carbocycles. The summed E-state index contributed by atoms with van der Waals surface area (Å²) in [5.41, 5.74) is -0.0273. The first-order valence-corrected chi connectivity index (χ1v) is 4.95. The molecule has 0 radical (unpaired) electrons. The molecule has 5 nitrogen and oxygen atoms in total. The van der Waals surface area contributed by atoms with Crippen LogP contribution < -0.4 is 0 Å². The second-order valence-electron chi connectivity index (χ2n) is 2.55. The van der Waals surface area contributed by atoms with E-state index in [2.05, 4.69) is 0 Å². The molecule has 0 unspecified atom stereocenters. The molecule has 0 aliphatic heterocycles. The van der Waals surface area contributed by atoms with Crippen LogP contribution in [0.4, 0.5) is 0 Å². The zero-order valence-electron chi connectivity index (χ0n) is 9.36. The summed E-state index contributed by atoms with van der Waals surface area (Å²) in [4.78, 5) is 11.4. The Bertz CT molecular complexity index is 211. The van der Waals surface area contributed by atoms with Gasteiger partial charge >= 0.3 is 35.5 Å². The molecule has 1 N–H and O–H groups in total. The van der Waals surface area contributed by atoms with E-state index in [0.29, 0.717) is 19.5 Å². The average molecular weight is 242 g/mol. The first kappa shape index (κ1) is 18.3. The Morgan fingerprint density at radius 2 is 1.69 bits per heavy atom. The molecule has 0 spiro atoms. The Hall–Kier alpha value is -0.0700. The fourth-order valence-electron chi connectivity index (χ4n) is 0.955. The summed E-state index contributed by atoms with van der Waals surface area (Å²) in [5, 5.41) is 8.92. The molecular weight excluding hydrogens is 223 g/mol. The summed E-state index contributed by atoms with van der Waals surface area (Å²) in [7, 11) is 0. The standard InChI is InChI=1S/C10H18O5.Na.H/c1-4-13-9(12)8(7-11)10(14-5-2)15-6-3;;/h7,10-11H,4-6H2,1-3H3;;. The first-order valence-electron chi connectivity index (χ1n) is 4.95. The molecule has 0 heterocycles. The van der Waals surface area contributed by atoms with Crippen molar-refractivity contribution in [3.8, 4) is 0 Å². The molecule has 0 fully saturated rings. The van der Waals surface area contributed by atoms with Crippen LogP contribution in [0.5, 0.6) is 0 Å². The number of carbonyl (C=O) groups is 1. The van der Waals surface area contributed by atoms with Crippen molar-refractivity contribution in [3.05, 3.63) is 11.8 Å². The molecule has 6 heteroatoms. The summed E-state index contributed by atoms with van der Waals surface area (Å²) >= 11 is 0. The average Bonchev–Trinajstić information content (AvgIpc) is 2.20. The van der Waals surface area contributed by atoms with Gasteiger partial charge in [-0.3, -0.25) is 0 Å². The molecule has 0 saturated heterocycles. The zero-order valence-corrected chi connectivity index (χ0v) is 9.36. The van der Waals surface area contributed by atoms with Crippen molar-refractivity contribution < 1.29 is 24.1 Å². The Balaban J connectivity index is 0. The van der Waals surface area contributed by atoms with E-state index in [9.17, 15) is 4.79 Å². The summed E-state index contributed by atoms with van der Waals surface area (Å²) < 4.78 is 15.0. The van der Waals surface area contributed by atoms with Gasteiger partial charge in [-0.25, -0.2) is 4.79 Å². The van der Waals surface area contributed by atoms with Gasteiger partial charge in [0.15, 0.2) is 6.29 Å². The van der Waals surface area contributed by atoms with Crippen LogP contribution in [0, 0.1) is 0 Å². The minimum absolute atomic E-state index is 0. The third kappa shape index (κ3) is 6.50. The molecule has 0 atom stereocenters. The molecule has 0 aromatic rings. The summed E-state index contributed by atoms with van der Waals surface area (Å²) in [6, 6.07) is 0. The number of carbonyl (C=O) groups excluding carboxylic acids is 1. The molecule has 0 aliphatic rings. The van der Waals surface area contributed by atoms with Gasteiger partial charge in [0.05, 0.1) is 12.9 Å². The number of rotatable bonds is 7. The number of ether oxygens (including phenoxy) is 3. The first-order chi connectivity index (χ1) is 7.21. The van der Waals surface area contributed by atoms with E-state index in [1.165, 1.54) is 0 Å². The Morgan fingerprint density at radius 1 is 1.19 bits per heavy atom. The van der Waals surface area contributed by atoms with Crippen molar-refractivity contribution in [2.24, 2.45) is 0 Å². The number of esters is 1. The molecule has 0 bridgehead atoms. The van der Waals surface area contributed by atoms with Crippen molar-refractivity contribution >= 4 is 35.5 Å². The molecule has 0 aromatic heterocycles. The fraction of sp³-hybridized carbons (Fsp3) is 0.700. The Kier molecular flexibility index (Phi) is 13.1. The predicted molar refractivity (Wildman–Crippen MR) is 61.5 cm³/mol. The van der Waals surface area contributed by atoms with Gasteiger partial charge in [0, 0.05) is 13.2 Å². The number of hydrogen-bond donors (Lipinski definition) is 1. The Labute approximate surface area is 118 Å². The molecule has 16 heavy (non-hydrogen) atoms. The number of hydrogen-bond acceptors (Lipinski definition) is 5. The molecular formula is C10H19NaO5. The SMILES string of the molecule is CCOC(=O)C(=CO)C(OCC)OCC.[NaH]. The molecule has 90 valence electrons. The summed E-state index contributed by atoms with van der Waals surface area (Å²) in [6.45, 7) is 6.21. The third-order valence-corrected chi connectivity index (χ3v) is 1.54. The van der Waals surface area contributed by atoms with E-state index in [0.717, 1.165) is 0 Å². The normalized spacial score (nSPS) is 11.1. The van der Waals surface area contributed by atoms with Crippen molar-refractivity contribution in [2.75, 3.05) is 19.8 Å². The fourth-order valence-corrected chi connectivity index (χ4v) is 0.955. The van der Waals surface area contributed by atoms with Gasteiger partial charge in [0.25, 0.3) is 0 Å². The summed E-state index contributed by atoms with van der Waals surface area (Å²) in [5.74, 6) is -0.632. The van der Waals surface area contributed by atoms with Crippen LogP contribution >= 0.6 is 0 Å². The van der Waals surface area contributed by atoms with Gasteiger partial charge in [-0.15, -0.1) is 0 Å². The quantitative estimate of drug-likeness (QED) is 0.234. The van der Waals surface area contributed by atoms with Crippen molar-refractivity contribution in [3.63, 3.8) is 0 Å². The van der Waals surface area contributed by atoms with E-state index >= 15 is 0 Å². The second-order valence-corrected chi connectivity index (χ2v) is 2.55. The molecule has 0 rings (SSSR count). The van der Waals surface area contributed by atoms with Crippen molar-refractivity contribution in [1.82, 2.24) is 0 Å². The van der Waals surface area contributed by atoms with Gasteiger partial charge in [-0.05, 0) is 20.8 Å². The van der Waals surface area contributed by atoms with Gasteiger partial charge in [0.1, 0.15) is 5.57 Å². The maximum absolute atomic E-state index is 11.4. The van der Waals surface area contributed by atoms with Crippen LogP contribution in [0.1, 0.15) is 20.8 Å². The number of aliphatic hydroxyl groups excluding tert-OH is 1. The zero-order chi connectivity index (χ0) is 11.7. The topological polar surface area (TPSA) is 65.0 Å². The molecule has 0 amide bonds. The third-order valence-electron chi connectivity index (χ3n) is 1.54. The van der Waals surface area contributed by atoms with E-state index in [-0.39, 0.29) is 41.7 Å². The van der Waals surface area contributed by atoms with Crippen LogP contribution in [-0.4, -0.2) is 66.7 Å². The Morgan fingerprint density at radius 3 is 2.00 bits per heavy atom. The predicted octanol–water partition coefficient (Wildman–Crippen LogP) is 0.742. The van der Waals surface area contributed by atoms with Crippen LogP contribution in [0.2, 0.25) is 0 Å². The van der Waals surface area contributed by atoms with Gasteiger partial charge < -0.3 is 19.3 Å².